The number of allylic oxidation sites excluding steroid dienone is 12. The summed E-state index contributed by atoms with van der Waals surface area (Å²) in [5.74, 6) is 0.127. The topological polar surface area (TPSA) is 190 Å². The molecule has 4 atom stereocenters. The zero-order valence-corrected chi connectivity index (χ0v) is 32.6. The number of aryl methyl sites for hydroxylation is 1. The second kappa shape index (κ2) is 25.9. The second-order valence-corrected chi connectivity index (χ2v) is 14.3. The zero-order valence-electron chi connectivity index (χ0n) is 31.7. The number of aromatic nitrogens is 2. The van der Waals surface area contributed by atoms with E-state index < -0.39 is 37.4 Å². The fourth-order valence-electron chi connectivity index (χ4n) is 5.26. The zero-order chi connectivity index (χ0) is 39.6. The first kappa shape index (κ1) is 44.4. The van der Waals surface area contributed by atoms with E-state index in [9.17, 15) is 18.9 Å². The Morgan fingerprint density at radius 3 is 2.16 bits per heavy atom. The molecule has 1 amide bonds. The number of rotatable bonds is 25. The smallest absolute Gasteiger partial charge is 0.413 e. The molecule has 3 N–H and O–H groups in total. The summed E-state index contributed by atoms with van der Waals surface area (Å²) in [7, 11) is -4.03. The van der Waals surface area contributed by atoms with E-state index in [1.165, 1.54) is 10.8 Å². The van der Waals surface area contributed by atoms with Crippen LogP contribution in [-0.4, -0.2) is 47.3 Å². The summed E-state index contributed by atoms with van der Waals surface area (Å²) in [5.41, 5.74) is 8.24. The van der Waals surface area contributed by atoms with Gasteiger partial charge >= 0.3 is 13.4 Å². The molecule has 0 radical (unpaired) electrons. The van der Waals surface area contributed by atoms with Crippen LogP contribution in [0.1, 0.15) is 76.5 Å². The van der Waals surface area contributed by atoms with Crippen molar-refractivity contribution in [2.75, 3.05) is 19.7 Å². The first-order valence-electron chi connectivity index (χ1n) is 18.7. The molecule has 2 aromatic rings. The Balaban J connectivity index is 1.38. The molecule has 1 aromatic carbocycles. The number of carbonyl (C=O) groups excluding carboxylic acids is 1. The Labute approximate surface area is 323 Å². The Kier molecular flexibility index (Phi) is 21.0. The Morgan fingerprint density at radius 1 is 0.964 bits per heavy atom. The van der Waals surface area contributed by atoms with Crippen molar-refractivity contribution in [3.05, 3.63) is 146 Å². The van der Waals surface area contributed by atoms with Gasteiger partial charge in [-0.2, -0.15) is 0 Å². The lowest BCUT2D eigenvalue weighted by atomic mass is 10.1. The van der Waals surface area contributed by atoms with Gasteiger partial charge in [-0.3, -0.25) is 23.7 Å². The summed E-state index contributed by atoms with van der Waals surface area (Å²) in [6.45, 7) is 3.60. The molecule has 0 spiro atoms. The highest BCUT2D eigenvalue weighted by Gasteiger charge is 2.39. The van der Waals surface area contributed by atoms with Crippen LogP contribution in [0.15, 0.2) is 124 Å². The third kappa shape index (κ3) is 17.8. The summed E-state index contributed by atoms with van der Waals surface area (Å²) in [5, 5.41) is 9.36. The minimum Gasteiger partial charge on any atom is -0.413 e. The third-order valence-corrected chi connectivity index (χ3v) is 9.68. The van der Waals surface area contributed by atoms with Gasteiger partial charge in [-0.25, -0.2) is 14.4 Å². The van der Waals surface area contributed by atoms with Crippen molar-refractivity contribution in [1.82, 2.24) is 20.0 Å². The Hall–Kier alpha value is -4.97. The maximum atomic E-state index is 13.9. The van der Waals surface area contributed by atoms with Crippen LogP contribution in [0.4, 0.5) is 0 Å². The van der Waals surface area contributed by atoms with Crippen LogP contribution in [0.5, 0.6) is 5.75 Å². The average Bonchev–Trinajstić information content (AvgIpc) is 3.57. The van der Waals surface area contributed by atoms with Gasteiger partial charge in [-0.15, -0.1) is 0 Å². The molecule has 15 heteroatoms. The number of carbonyl (C=O) groups is 1. The van der Waals surface area contributed by atoms with E-state index in [4.69, 9.17) is 19.3 Å². The van der Waals surface area contributed by atoms with Gasteiger partial charge in [0, 0.05) is 42.6 Å². The highest BCUT2D eigenvalue weighted by Crippen LogP contribution is 2.45. The number of hydrogen-bond donors (Lipinski definition) is 3. The number of azide groups is 1. The van der Waals surface area contributed by atoms with Crippen molar-refractivity contribution < 1.29 is 23.1 Å². The van der Waals surface area contributed by atoms with Crippen molar-refractivity contribution in [3.8, 4) is 5.75 Å². The van der Waals surface area contributed by atoms with Gasteiger partial charge in [0.15, 0.2) is 0 Å². The fraction of sp³-hybridized carbons (Fsp3) is 0.425. The summed E-state index contributed by atoms with van der Waals surface area (Å²) >= 11 is 0. The number of nitrogens with zero attached hydrogens (tertiary/aromatic N) is 4. The lowest BCUT2D eigenvalue weighted by Crippen LogP contribution is -2.34. The number of H-pyrrole nitrogens is 1. The van der Waals surface area contributed by atoms with E-state index in [0.717, 1.165) is 38.5 Å². The van der Waals surface area contributed by atoms with Crippen molar-refractivity contribution in [3.63, 3.8) is 0 Å². The van der Waals surface area contributed by atoms with Crippen LogP contribution in [0.2, 0.25) is 0 Å². The Morgan fingerprint density at radius 2 is 1.56 bits per heavy atom. The van der Waals surface area contributed by atoms with Crippen LogP contribution < -0.4 is 26.2 Å². The number of amides is 1. The SMILES string of the molecule is CC/C=C\C/C=C\C/C=C\C/C=C\C/C=C\C/C=C\CCC(=O)NCCNP(=O)(OC[C@H]1OC(n2cc(C)c(=O)[nH]c2=O)C[C@@H]1N=[N+]=[N-])Oc1ccccc1. The standard InChI is InChI=1S/C40H54N7O7P/c1-3-4-5-6-7-8-9-10-11-12-13-14-15-16-17-18-19-20-24-27-37(48)42-28-29-43-55(51,54-34-25-22-21-23-26-34)52-32-36-35(45-46-41)30-38(53-36)47-31-33(2)39(49)44-40(47)50/h4-5,7-8,10-11,13-14,16-17,19-23,25-26,31,35-36,38H,3,6,9,12,15,18,24,27-30,32H2,1-2H3,(H,42,48)(H,43,51)(H,44,49,50)/b5-4-,8-7-,11-10-,14-13-,17-16-,20-19-/t35-,36+,38?,55?/m0/s1. The molecule has 1 aliphatic heterocycles. The minimum atomic E-state index is -4.03. The lowest BCUT2D eigenvalue weighted by molar-refractivity contribution is -0.120. The first-order valence-corrected chi connectivity index (χ1v) is 20.2. The summed E-state index contributed by atoms with van der Waals surface area (Å²) < 4.78 is 32.5. The number of aromatic amines is 1. The van der Waals surface area contributed by atoms with E-state index >= 15 is 0 Å². The van der Waals surface area contributed by atoms with E-state index in [0.29, 0.717) is 18.4 Å². The molecule has 1 aliphatic rings. The second-order valence-electron chi connectivity index (χ2n) is 12.5. The normalized spacial score (nSPS) is 18.6. The number of nitrogens with one attached hydrogen (secondary N) is 3. The molecule has 1 aromatic heterocycles. The van der Waals surface area contributed by atoms with Gasteiger partial charge in [-0.1, -0.05) is 103 Å². The van der Waals surface area contributed by atoms with E-state index in [-0.39, 0.29) is 37.8 Å². The molecular formula is C40H54N7O7P. The van der Waals surface area contributed by atoms with Gasteiger partial charge in [0.05, 0.1) is 18.8 Å². The fourth-order valence-corrected chi connectivity index (χ4v) is 6.59. The first-order chi connectivity index (χ1) is 26.7. The molecule has 14 nitrogen and oxygen atoms in total. The van der Waals surface area contributed by atoms with Gasteiger partial charge in [0.25, 0.3) is 5.56 Å². The number of ether oxygens (including phenoxy) is 1. The highest BCUT2D eigenvalue weighted by molar-refractivity contribution is 7.52. The quantitative estimate of drug-likeness (QED) is 0.0225. The number of para-hydroxylation sites is 1. The van der Waals surface area contributed by atoms with Crippen LogP contribution in [0.25, 0.3) is 10.4 Å². The molecule has 2 unspecified atom stereocenters. The molecule has 296 valence electrons. The van der Waals surface area contributed by atoms with E-state index in [2.05, 4.69) is 93.1 Å². The van der Waals surface area contributed by atoms with Crippen molar-refractivity contribution in [2.24, 2.45) is 5.11 Å². The van der Waals surface area contributed by atoms with Crippen LogP contribution in [-0.2, 0) is 18.6 Å². The minimum absolute atomic E-state index is 0.0652. The van der Waals surface area contributed by atoms with E-state index in [1.54, 1.807) is 37.3 Å². The van der Waals surface area contributed by atoms with Crippen molar-refractivity contribution in [1.29, 1.82) is 0 Å². The number of hydrogen-bond acceptors (Lipinski definition) is 8. The Bertz CT molecular complexity index is 1860. The molecule has 1 saturated heterocycles. The van der Waals surface area contributed by atoms with Gasteiger partial charge < -0.3 is 14.6 Å². The van der Waals surface area contributed by atoms with E-state index in [1.807, 2.05) is 12.2 Å². The lowest BCUT2D eigenvalue weighted by Gasteiger charge is -2.23. The molecule has 0 bridgehead atoms. The van der Waals surface area contributed by atoms with Gasteiger partial charge in [0.2, 0.25) is 5.91 Å². The highest BCUT2D eigenvalue weighted by atomic mass is 31.2. The van der Waals surface area contributed by atoms with Crippen LogP contribution >= 0.6 is 7.75 Å². The molecule has 3 rings (SSSR count). The van der Waals surface area contributed by atoms with Gasteiger partial charge in [0.1, 0.15) is 12.0 Å². The van der Waals surface area contributed by atoms with Crippen LogP contribution in [0.3, 0.4) is 0 Å². The predicted octanol–water partition coefficient (Wildman–Crippen LogP) is 8.20. The molecule has 1 fully saturated rings. The molecule has 2 heterocycles. The predicted molar refractivity (Wildman–Crippen MR) is 217 cm³/mol. The summed E-state index contributed by atoms with van der Waals surface area (Å²) in [6, 6.07) is 7.67. The summed E-state index contributed by atoms with van der Waals surface area (Å²) in [4.78, 5) is 41.8. The largest absolute Gasteiger partial charge is 0.458 e. The maximum Gasteiger partial charge on any atom is 0.458 e. The molecular weight excluding hydrogens is 721 g/mol. The van der Waals surface area contributed by atoms with Crippen LogP contribution in [0, 0.1) is 6.92 Å². The maximum absolute atomic E-state index is 13.9. The molecule has 0 aliphatic carbocycles. The average molecular weight is 776 g/mol. The van der Waals surface area contributed by atoms with Gasteiger partial charge in [-0.05, 0) is 69.5 Å². The molecule has 55 heavy (non-hydrogen) atoms. The number of benzene rings is 1. The summed E-state index contributed by atoms with van der Waals surface area (Å²) in [6.07, 6.45) is 31.9. The van der Waals surface area contributed by atoms with Crippen molar-refractivity contribution in [2.45, 2.75) is 90.0 Å². The molecule has 0 saturated carbocycles. The third-order valence-electron chi connectivity index (χ3n) is 8.13. The van der Waals surface area contributed by atoms with Crippen molar-refractivity contribution >= 4 is 13.7 Å². The monoisotopic (exact) mass is 775 g/mol.